The fourth-order valence-electron chi connectivity index (χ4n) is 1.51. The molecule has 0 aliphatic heterocycles. The van der Waals surface area contributed by atoms with Crippen molar-refractivity contribution < 1.29 is 22.7 Å². The molecule has 0 aliphatic rings. The molecule has 21 heavy (non-hydrogen) atoms. The second kappa shape index (κ2) is 7.57. The highest BCUT2D eigenvalue weighted by molar-refractivity contribution is 9.10. The molecule has 0 amide bonds. The number of sulfonamides is 1. The quantitative estimate of drug-likeness (QED) is 0.736. The minimum absolute atomic E-state index is 0.151. The third kappa shape index (κ3) is 4.94. The monoisotopic (exact) mass is 399 g/mol. The minimum Gasteiger partial charge on any atom is -0.478 e. The molecule has 0 aliphatic carbocycles. The highest BCUT2D eigenvalue weighted by Gasteiger charge is 2.24. The molecule has 5 nitrogen and oxygen atoms in total. The normalized spacial score (nSPS) is 13.1. The highest BCUT2D eigenvalue weighted by Crippen LogP contribution is 2.24. The van der Waals surface area contributed by atoms with E-state index >= 15 is 0 Å². The summed E-state index contributed by atoms with van der Waals surface area (Å²) in [6, 6.07) is 2.06. The van der Waals surface area contributed by atoms with Crippen LogP contribution in [0.15, 0.2) is 21.5 Å². The molecule has 0 saturated heterocycles. The Hall–Kier alpha value is -0.640. The Morgan fingerprint density at radius 1 is 1.52 bits per heavy atom. The molecule has 0 aromatic heterocycles. The lowest BCUT2D eigenvalue weighted by Gasteiger charge is -2.11. The molecule has 0 spiro atoms. The van der Waals surface area contributed by atoms with E-state index in [1.165, 1.54) is 0 Å². The Morgan fingerprint density at radius 3 is 2.67 bits per heavy atom. The van der Waals surface area contributed by atoms with Gasteiger partial charge < -0.3 is 5.11 Å². The fourth-order valence-corrected chi connectivity index (χ4v) is 3.64. The highest BCUT2D eigenvalue weighted by atomic mass is 79.9. The van der Waals surface area contributed by atoms with Gasteiger partial charge in [0.1, 0.15) is 4.90 Å². The Kier molecular flexibility index (Phi) is 6.64. The molecule has 0 saturated carbocycles. The number of carbonyl (C=O) groups is 1. The van der Waals surface area contributed by atoms with Gasteiger partial charge in [-0.3, -0.25) is 0 Å². The number of thioether (sulfide) groups is 1. The number of carboxylic acid groups (broad SMARTS) is 1. The van der Waals surface area contributed by atoms with Crippen molar-refractivity contribution in [2.75, 3.05) is 12.8 Å². The number of rotatable bonds is 7. The summed E-state index contributed by atoms with van der Waals surface area (Å²) in [4.78, 5) is 10.2. The van der Waals surface area contributed by atoms with Crippen LogP contribution in [0.25, 0.3) is 0 Å². The summed E-state index contributed by atoms with van der Waals surface area (Å²) in [5.74, 6) is -2.79. The molecule has 1 unspecified atom stereocenters. The first-order chi connectivity index (χ1) is 9.69. The van der Waals surface area contributed by atoms with Crippen LogP contribution in [0.2, 0.25) is 0 Å². The molecule has 0 fully saturated rings. The van der Waals surface area contributed by atoms with E-state index in [2.05, 4.69) is 20.7 Å². The number of aromatic carboxylic acids is 1. The molecule has 0 bridgehead atoms. The summed E-state index contributed by atoms with van der Waals surface area (Å²) in [6.07, 6.45) is 2.49. The third-order valence-corrected chi connectivity index (χ3v) is 5.73. The van der Waals surface area contributed by atoms with E-state index < -0.39 is 32.3 Å². The topological polar surface area (TPSA) is 83.5 Å². The van der Waals surface area contributed by atoms with Crippen LogP contribution in [0.3, 0.4) is 0 Å². The Morgan fingerprint density at radius 2 is 2.14 bits per heavy atom. The van der Waals surface area contributed by atoms with Crippen LogP contribution in [0.5, 0.6) is 0 Å². The largest absolute Gasteiger partial charge is 0.478 e. The van der Waals surface area contributed by atoms with Crippen molar-refractivity contribution in [3.05, 3.63) is 28.0 Å². The number of benzene rings is 1. The van der Waals surface area contributed by atoms with Gasteiger partial charge in [-0.2, -0.15) is 11.8 Å². The van der Waals surface area contributed by atoms with Gasteiger partial charge in [0, 0.05) is 16.3 Å². The lowest BCUT2D eigenvalue weighted by molar-refractivity contribution is 0.0691. The van der Waals surface area contributed by atoms with E-state index in [0.717, 1.165) is 12.1 Å². The van der Waals surface area contributed by atoms with E-state index in [4.69, 9.17) is 5.11 Å². The number of halogens is 2. The summed E-state index contributed by atoms with van der Waals surface area (Å²) >= 11 is 4.57. The lowest BCUT2D eigenvalue weighted by atomic mass is 10.2. The lowest BCUT2D eigenvalue weighted by Crippen LogP contribution is -2.27. The van der Waals surface area contributed by atoms with Gasteiger partial charge in [-0.15, -0.1) is 0 Å². The van der Waals surface area contributed by atoms with Crippen molar-refractivity contribution in [2.24, 2.45) is 0 Å². The van der Waals surface area contributed by atoms with E-state index in [9.17, 15) is 17.6 Å². The zero-order valence-corrected chi connectivity index (χ0v) is 14.6. The fraction of sp³-hybridized carbons (Fsp3) is 0.417. The van der Waals surface area contributed by atoms with Gasteiger partial charge in [0.2, 0.25) is 10.0 Å². The van der Waals surface area contributed by atoms with Gasteiger partial charge in [0.05, 0.1) is 5.56 Å². The van der Waals surface area contributed by atoms with Crippen molar-refractivity contribution in [1.82, 2.24) is 4.72 Å². The maximum absolute atomic E-state index is 14.0. The van der Waals surface area contributed by atoms with Crippen LogP contribution in [-0.2, 0) is 10.0 Å². The van der Waals surface area contributed by atoms with E-state index in [-0.39, 0.29) is 16.3 Å². The van der Waals surface area contributed by atoms with Crippen LogP contribution in [0, 0.1) is 5.82 Å². The molecular formula is C12H15BrFNO4S2. The van der Waals surface area contributed by atoms with Crippen LogP contribution >= 0.6 is 27.7 Å². The molecule has 0 radical (unpaired) electrons. The zero-order valence-electron chi connectivity index (χ0n) is 11.4. The summed E-state index contributed by atoms with van der Waals surface area (Å²) in [6.45, 7) is 2.10. The standard InChI is InChI=1S/C12H15BrFNO4S2/c1-7(20-2)3-4-15-21(18,19)10-6-8(13)5-9(11(10)14)12(16)17/h5-7,15H,3-4H2,1-2H3,(H,16,17). The molecule has 1 atom stereocenters. The van der Waals surface area contributed by atoms with Gasteiger partial charge in [-0.05, 0) is 24.8 Å². The van der Waals surface area contributed by atoms with Crippen molar-refractivity contribution in [2.45, 2.75) is 23.5 Å². The number of hydrogen-bond acceptors (Lipinski definition) is 4. The SMILES string of the molecule is CSC(C)CCNS(=O)(=O)c1cc(Br)cc(C(=O)O)c1F. The summed E-state index contributed by atoms with van der Waals surface area (Å²) in [7, 11) is -4.10. The molecule has 118 valence electrons. The molecule has 1 rings (SSSR count). The van der Waals surface area contributed by atoms with Gasteiger partial charge in [0.15, 0.2) is 5.82 Å². The predicted molar refractivity (Wildman–Crippen MR) is 83.8 cm³/mol. The first-order valence-electron chi connectivity index (χ1n) is 5.94. The van der Waals surface area contributed by atoms with Crippen molar-refractivity contribution in [1.29, 1.82) is 0 Å². The van der Waals surface area contributed by atoms with Gasteiger partial charge in [0.25, 0.3) is 0 Å². The first kappa shape index (κ1) is 18.4. The predicted octanol–water partition coefficient (Wildman–Crippen LogP) is 2.71. The van der Waals surface area contributed by atoms with Crippen molar-refractivity contribution in [3.8, 4) is 0 Å². The maximum atomic E-state index is 14.0. The number of nitrogens with one attached hydrogen (secondary N) is 1. The average Bonchev–Trinajstić information content (AvgIpc) is 2.40. The zero-order chi connectivity index (χ0) is 16.2. The third-order valence-electron chi connectivity index (χ3n) is 2.77. The Bertz CT molecular complexity index is 636. The molecule has 1 aromatic rings. The van der Waals surface area contributed by atoms with Gasteiger partial charge >= 0.3 is 5.97 Å². The molecule has 0 heterocycles. The van der Waals surface area contributed by atoms with Crippen LogP contribution in [-0.4, -0.2) is 37.5 Å². The van der Waals surface area contributed by atoms with Crippen LogP contribution in [0.1, 0.15) is 23.7 Å². The van der Waals surface area contributed by atoms with Crippen LogP contribution in [0.4, 0.5) is 4.39 Å². The summed E-state index contributed by atoms with van der Waals surface area (Å²) in [5, 5.41) is 9.14. The summed E-state index contributed by atoms with van der Waals surface area (Å²) < 4.78 is 40.6. The maximum Gasteiger partial charge on any atom is 0.338 e. The second-order valence-corrected chi connectivity index (χ2v) is 8.23. The van der Waals surface area contributed by atoms with E-state index in [1.807, 2.05) is 13.2 Å². The number of hydrogen-bond donors (Lipinski definition) is 2. The van der Waals surface area contributed by atoms with Gasteiger partial charge in [-0.25, -0.2) is 22.3 Å². The van der Waals surface area contributed by atoms with E-state index in [1.54, 1.807) is 11.8 Å². The minimum atomic E-state index is -4.10. The average molecular weight is 400 g/mol. The molecule has 2 N–H and O–H groups in total. The Labute approximate surface area is 135 Å². The molecule has 1 aromatic carbocycles. The number of carboxylic acids is 1. The van der Waals surface area contributed by atoms with Crippen molar-refractivity contribution >= 4 is 43.7 Å². The first-order valence-corrected chi connectivity index (χ1v) is 9.50. The summed E-state index contributed by atoms with van der Waals surface area (Å²) in [5.41, 5.74) is -0.692. The van der Waals surface area contributed by atoms with E-state index in [0.29, 0.717) is 6.42 Å². The Balaban J connectivity index is 3.06. The smallest absolute Gasteiger partial charge is 0.338 e. The molecular weight excluding hydrogens is 385 g/mol. The van der Waals surface area contributed by atoms with Crippen LogP contribution < -0.4 is 4.72 Å². The molecule has 9 heteroatoms. The van der Waals surface area contributed by atoms with Crippen molar-refractivity contribution in [3.63, 3.8) is 0 Å². The van der Waals surface area contributed by atoms with Gasteiger partial charge in [-0.1, -0.05) is 22.9 Å². The second-order valence-electron chi connectivity index (χ2n) is 4.30.